The van der Waals surface area contributed by atoms with Gasteiger partial charge < -0.3 is 4.74 Å². The molecule has 0 saturated heterocycles. The standard InChI is InChI=1S/C13H11ClN4O/c1-8-3-4-10(19-2)9(7-8)12-16-17-13-11(14)15-5-6-18(12)13/h3-7H,1-2H3. The van der Waals surface area contributed by atoms with Crippen molar-refractivity contribution in [2.45, 2.75) is 6.92 Å². The minimum atomic E-state index is 0.327. The monoisotopic (exact) mass is 274 g/mol. The Morgan fingerprint density at radius 3 is 2.89 bits per heavy atom. The van der Waals surface area contributed by atoms with Crippen LogP contribution in [0.5, 0.6) is 5.75 Å². The maximum Gasteiger partial charge on any atom is 0.198 e. The third-order valence-corrected chi connectivity index (χ3v) is 3.15. The van der Waals surface area contributed by atoms with E-state index in [1.807, 2.05) is 25.1 Å². The molecule has 0 unspecified atom stereocenters. The van der Waals surface area contributed by atoms with Crippen LogP contribution in [0, 0.1) is 6.92 Å². The molecule has 0 aliphatic carbocycles. The lowest BCUT2D eigenvalue weighted by Crippen LogP contribution is -1.94. The summed E-state index contributed by atoms with van der Waals surface area (Å²) in [5.74, 6) is 1.42. The topological polar surface area (TPSA) is 52.3 Å². The van der Waals surface area contributed by atoms with Crippen LogP contribution in [0.25, 0.3) is 17.0 Å². The van der Waals surface area contributed by atoms with Crippen LogP contribution < -0.4 is 4.74 Å². The van der Waals surface area contributed by atoms with Crippen LogP contribution in [0.2, 0.25) is 5.15 Å². The number of aryl methyl sites for hydroxylation is 1. The minimum Gasteiger partial charge on any atom is -0.496 e. The molecule has 2 aromatic heterocycles. The zero-order chi connectivity index (χ0) is 13.4. The number of aromatic nitrogens is 4. The van der Waals surface area contributed by atoms with Crippen LogP contribution in [0.4, 0.5) is 0 Å². The average molecular weight is 275 g/mol. The number of hydrogen-bond acceptors (Lipinski definition) is 4. The second-order valence-electron chi connectivity index (χ2n) is 4.14. The van der Waals surface area contributed by atoms with Gasteiger partial charge in [0.25, 0.3) is 0 Å². The van der Waals surface area contributed by atoms with Gasteiger partial charge in [0, 0.05) is 12.4 Å². The number of rotatable bonds is 2. The van der Waals surface area contributed by atoms with E-state index in [1.54, 1.807) is 23.9 Å². The summed E-state index contributed by atoms with van der Waals surface area (Å²) in [4.78, 5) is 3.99. The molecule has 0 saturated carbocycles. The van der Waals surface area contributed by atoms with Crippen molar-refractivity contribution in [2.75, 3.05) is 7.11 Å². The molecule has 0 atom stereocenters. The van der Waals surface area contributed by atoms with Crippen molar-refractivity contribution < 1.29 is 4.74 Å². The van der Waals surface area contributed by atoms with Gasteiger partial charge in [-0.1, -0.05) is 23.2 Å². The molecule has 0 aliphatic heterocycles. The lowest BCUT2D eigenvalue weighted by Gasteiger charge is -2.08. The summed E-state index contributed by atoms with van der Waals surface area (Å²) in [6.07, 6.45) is 3.39. The van der Waals surface area contributed by atoms with E-state index in [4.69, 9.17) is 16.3 Å². The van der Waals surface area contributed by atoms with Gasteiger partial charge in [0.15, 0.2) is 16.6 Å². The maximum atomic E-state index is 6.00. The number of fused-ring (bicyclic) bond motifs is 1. The first-order valence-corrected chi connectivity index (χ1v) is 6.09. The first-order valence-electron chi connectivity index (χ1n) is 5.71. The van der Waals surface area contributed by atoms with E-state index in [0.717, 1.165) is 16.9 Å². The zero-order valence-electron chi connectivity index (χ0n) is 10.5. The molecule has 0 amide bonds. The van der Waals surface area contributed by atoms with Crippen molar-refractivity contribution in [3.05, 3.63) is 41.3 Å². The predicted molar refractivity (Wildman–Crippen MR) is 72.5 cm³/mol. The lowest BCUT2D eigenvalue weighted by atomic mass is 10.1. The summed E-state index contributed by atoms with van der Waals surface area (Å²) in [5.41, 5.74) is 2.52. The van der Waals surface area contributed by atoms with E-state index in [9.17, 15) is 0 Å². The second kappa shape index (κ2) is 4.51. The number of nitrogens with zero attached hydrogens (tertiary/aromatic N) is 4. The third-order valence-electron chi connectivity index (χ3n) is 2.88. The Bertz CT molecular complexity index is 753. The fraction of sp³-hybridized carbons (Fsp3) is 0.154. The quantitative estimate of drug-likeness (QED) is 0.721. The zero-order valence-corrected chi connectivity index (χ0v) is 11.2. The van der Waals surface area contributed by atoms with Crippen molar-refractivity contribution in [2.24, 2.45) is 0 Å². The van der Waals surface area contributed by atoms with Crippen LogP contribution in [0.3, 0.4) is 0 Å². The number of halogens is 1. The second-order valence-corrected chi connectivity index (χ2v) is 4.50. The Balaban J connectivity index is 2.30. The summed E-state index contributed by atoms with van der Waals surface area (Å²) in [5, 5.41) is 8.57. The summed E-state index contributed by atoms with van der Waals surface area (Å²) in [7, 11) is 1.63. The molecule has 0 bridgehead atoms. The molecule has 19 heavy (non-hydrogen) atoms. The third kappa shape index (κ3) is 1.92. The molecule has 0 spiro atoms. The highest BCUT2D eigenvalue weighted by atomic mass is 35.5. The molecular formula is C13H11ClN4O. The van der Waals surface area contributed by atoms with Crippen LogP contribution in [0.15, 0.2) is 30.6 Å². The van der Waals surface area contributed by atoms with Crippen LogP contribution in [-0.4, -0.2) is 26.7 Å². The number of hydrogen-bond donors (Lipinski definition) is 0. The fourth-order valence-electron chi connectivity index (χ4n) is 1.98. The van der Waals surface area contributed by atoms with Crippen LogP contribution in [0.1, 0.15) is 5.56 Å². The predicted octanol–water partition coefficient (Wildman–Crippen LogP) is 2.76. The van der Waals surface area contributed by atoms with E-state index >= 15 is 0 Å². The molecule has 3 aromatic rings. The first-order chi connectivity index (χ1) is 9.20. The van der Waals surface area contributed by atoms with E-state index < -0.39 is 0 Å². The molecule has 96 valence electrons. The maximum absolute atomic E-state index is 6.00. The Kier molecular flexibility index (Phi) is 2.83. The summed E-state index contributed by atoms with van der Waals surface area (Å²) >= 11 is 6.00. The summed E-state index contributed by atoms with van der Waals surface area (Å²) in [6, 6.07) is 5.90. The van der Waals surface area contributed by atoms with Gasteiger partial charge in [0.1, 0.15) is 5.75 Å². The van der Waals surface area contributed by atoms with E-state index in [0.29, 0.717) is 16.6 Å². The Hall–Kier alpha value is -2.14. The van der Waals surface area contributed by atoms with Crippen molar-refractivity contribution in [3.63, 3.8) is 0 Å². The SMILES string of the molecule is COc1ccc(C)cc1-c1nnc2c(Cl)nccn12. The van der Waals surface area contributed by atoms with Gasteiger partial charge in [-0.25, -0.2) is 4.98 Å². The van der Waals surface area contributed by atoms with Crippen LogP contribution >= 0.6 is 11.6 Å². The highest BCUT2D eigenvalue weighted by Crippen LogP contribution is 2.30. The fourth-order valence-corrected chi connectivity index (χ4v) is 2.16. The first kappa shape index (κ1) is 11.9. The molecule has 1 aromatic carbocycles. The average Bonchev–Trinajstić information content (AvgIpc) is 2.84. The number of ether oxygens (including phenoxy) is 1. The molecule has 2 heterocycles. The molecule has 3 rings (SSSR count). The molecule has 0 N–H and O–H groups in total. The van der Waals surface area contributed by atoms with Crippen molar-refractivity contribution in [1.29, 1.82) is 0 Å². The van der Waals surface area contributed by atoms with Crippen molar-refractivity contribution in [3.8, 4) is 17.1 Å². The van der Waals surface area contributed by atoms with E-state index in [-0.39, 0.29) is 0 Å². The molecule has 0 radical (unpaired) electrons. The number of benzene rings is 1. The van der Waals surface area contributed by atoms with Crippen molar-refractivity contribution in [1.82, 2.24) is 19.6 Å². The van der Waals surface area contributed by atoms with Crippen molar-refractivity contribution >= 4 is 17.2 Å². The van der Waals surface area contributed by atoms with E-state index in [2.05, 4.69) is 15.2 Å². The Labute approximate surface area is 114 Å². The summed E-state index contributed by atoms with van der Waals surface area (Å²) < 4.78 is 7.17. The number of methoxy groups -OCH3 is 1. The Morgan fingerprint density at radius 1 is 1.26 bits per heavy atom. The van der Waals surface area contributed by atoms with Crippen LogP contribution in [-0.2, 0) is 0 Å². The van der Waals surface area contributed by atoms with Gasteiger partial charge >= 0.3 is 0 Å². The van der Waals surface area contributed by atoms with E-state index in [1.165, 1.54) is 0 Å². The van der Waals surface area contributed by atoms with Gasteiger partial charge in [-0.2, -0.15) is 0 Å². The summed E-state index contributed by atoms with van der Waals surface area (Å²) in [6.45, 7) is 2.01. The van der Waals surface area contributed by atoms with Gasteiger partial charge in [0.2, 0.25) is 0 Å². The molecule has 5 nitrogen and oxygen atoms in total. The molecule has 0 aliphatic rings. The highest BCUT2D eigenvalue weighted by molar-refractivity contribution is 6.32. The molecular weight excluding hydrogens is 264 g/mol. The highest BCUT2D eigenvalue weighted by Gasteiger charge is 2.14. The molecule has 6 heteroatoms. The Morgan fingerprint density at radius 2 is 2.11 bits per heavy atom. The minimum absolute atomic E-state index is 0.327. The smallest absolute Gasteiger partial charge is 0.198 e. The van der Waals surface area contributed by atoms with Gasteiger partial charge in [0.05, 0.1) is 12.7 Å². The normalized spacial score (nSPS) is 10.9. The molecule has 0 fully saturated rings. The lowest BCUT2D eigenvalue weighted by molar-refractivity contribution is 0.416. The van der Waals surface area contributed by atoms with Gasteiger partial charge in [-0.3, -0.25) is 4.40 Å². The van der Waals surface area contributed by atoms with Gasteiger partial charge in [-0.15, -0.1) is 10.2 Å². The largest absolute Gasteiger partial charge is 0.496 e. The van der Waals surface area contributed by atoms with Gasteiger partial charge in [-0.05, 0) is 19.1 Å².